The van der Waals surface area contributed by atoms with Crippen LogP contribution in [-0.2, 0) is 0 Å². The predicted octanol–water partition coefficient (Wildman–Crippen LogP) is 1.45. The molecular formula is C19H22N2O4. The summed E-state index contributed by atoms with van der Waals surface area (Å²) in [6.07, 6.45) is -0.279. The van der Waals surface area contributed by atoms with Gasteiger partial charge in [0.25, 0.3) is 5.91 Å². The number of hydrogen-bond donors (Lipinski definition) is 2. The van der Waals surface area contributed by atoms with Crippen molar-refractivity contribution in [3.8, 4) is 5.75 Å². The van der Waals surface area contributed by atoms with Gasteiger partial charge in [0.15, 0.2) is 0 Å². The summed E-state index contributed by atoms with van der Waals surface area (Å²) in [6.45, 7) is 1.20. The number of aromatic nitrogens is 1. The highest BCUT2D eigenvalue weighted by Crippen LogP contribution is 2.37. The Kier molecular flexibility index (Phi) is 4.09. The maximum Gasteiger partial charge on any atom is 0.272 e. The third kappa shape index (κ3) is 2.85. The van der Waals surface area contributed by atoms with Gasteiger partial charge in [0.1, 0.15) is 11.4 Å². The Morgan fingerprint density at radius 3 is 2.44 bits per heavy atom. The minimum absolute atomic E-state index is 0.123. The zero-order valence-electron chi connectivity index (χ0n) is 14.1. The van der Waals surface area contributed by atoms with Gasteiger partial charge in [0.2, 0.25) is 0 Å². The van der Waals surface area contributed by atoms with Crippen molar-refractivity contribution in [2.24, 2.45) is 11.8 Å². The molecular weight excluding hydrogens is 320 g/mol. The monoisotopic (exact) mass is 342 g/mol. The highest BCUT2D eigenvalue weighted by Gasteiger charge is 2.42. The standard InChI is InChI=1S/C19H22N2O4/c1-25-18-8-15(20-14-5-3-2-4-13(14)18)19(24)21-9-11-6-16(22)17(23)7-12(11)10-21/h2-5,8,11-12,16-17,22-23H,6-7,9-10H2,1H3/t11-,12+,16+,17-. The quantitative estimate of drug-likeness (QED) is 0.863. The van der Waals surface area contributed by atoms with Crippen LogP contribution in [0.3, 0.4) is 0 Å². The summed E-state index contributed by atoms with van der Waals surface area (Å²) >= 11 is 0. The Morgan fingerprint density at radius 2 is 1.80 bits per heavy atom. The Morgan fingerprint density at radius 1 is 1.16 bits per heavy atom. The van der Waals surface area contributed by atoms with Crippen molar-refractivity contribution in [1.82, 2.24) is 9.88 Å². The third-order valence-corrected chi connectivity index (χ3v) is 5.51. The van der Waals surface area contributed by atoms with E-state index in [1.807, 2.05) is 24.3 Å². The van der Waals surface area contributed by atoms with Crippen molar-refractivity contribution < 1.29 is 19.7 Å². The maximum atomic E-state index is 12.9. The molecule has 1 amide bonds. The van der Waals surface area contributed by atoms with E-state index in [0.29, 0.717) is 37.4 Å². The Balaban J connectivity index is 1.60. The number of rotatable bonds is 2. The molecule has 2 fully saturated rings. The van der Waals surface area contributed by atoms with Gasteiger partial charge in [-0.25, -0.2) is 4.98 Å². The molecule has 1 aliphatic carbocycles. The second kappa shape index (κ2) is 6.28. The molecule has 2 N–H and O–H groups in total. The number of benzene rings is 1. The molecule has 1 aromatic heterocycles. The molecule has 6 nitrogen and oxygen atoms in total. The maximum absolute atomic E-state index is 12.9. The lowest BCUT2D eigenvalue weighted by atomic mass is 9.79. The van der Waals surface area contributed by atoms with Gasteiger partial charge in [-0.05, 0) is 36.8 Å². The summed E-state index contributed by atoms with van der Waals surface area (Å²) in [7, 11) is 1.59. The second-order valence-corrected chi connectivity index (χ2v) is 7.06. The van der Waals surface area contributed by atoms with Gasteiger partial charge >= 0.3 is 0 Å². The number of methoxy groups -OCH3 is 1. The van der Waals surface area contributed by atoms with Gasteiger partial charge in [-0.2, -0.15) is 0 Å². The molecule has 0 radical (unpaired) electrons. The summed E-state index contributed by atoms with van der Waals surface area (Å²) in [5.74, 6) is 0.994. The number of ether oxygens (including phenoxy) is 1. The topological polar surface area (TPSA) is 82.9 Å². The first kappa shape index (κ1) is 16.3. The first-order chi connectivity index (χ1) is 12.1. The van der Waals surface area contributed by atoms with Crippen molar-refractivity contribution in [2.45, 2.75) is 25.0 Å². The number of fused-ring (bicyclic) bond motifs is 2. The van der Waals surface area contributed by atoms with Gasteiger partial charge in [-0.1, -0.05) is 12.1 Å². The van der Waals surface area contributed by atoms with E-state index in [1.54, 1.807) is 18.1 Å². The van der Waals surface area contributed by atoms with E-state index >= 15 is 0 Å². The lowest BCUT2D eigenvalue weighted by molar-refractivity contribution is -0.0372. The van der Waals surface area contributed by atoms with E-state index in [1.165, 1.54) is 0 Å². The molecule has 2 heterocycles. The van der Waals surface area contributed by atoms with Crippen LogP contribution in [0.5, 0.6) is 5.75 Å². The highest BCUT2D eigenvalue weighted by molar-refractivity contribution is 5.97. The Labute approximate surface area is 146 Å². The average molecular weight is 342 g/mol. The number of nitrogens with zero attached hydrogens (tertiary/aromatic N) is 2. The lowest BCUT2D eigenvalue weighted by Crippen LogP contribution is -2.38. The summed E-state index contributed by atoms with van der Waals surface area (Å²) in [6, 6.07) is 9.27. The van der Waals surface area contributed by atoms with E-state index in [9.17, 15) is 15.0 Å². The van der Waals surface area contributed by atoms with Gasteiger partial charge < -0.3 is 19.8 Å². The largest absolute Gasteiger partial charge is 0.496 e. The molecule has 4 atom stereocenters. The van der Waals surface area contributed by atoms with E-state index in [0.717, 1.165) is 10.9 Å². The molecule has 4 rings (SSSR count). The van der Waals surface area contributed by atoms with Crippen LogP contribution in [0.4, 0.5) is 0 Å². The number of para-hydroxylation sites is 1. The van der Waals surface area contributed by atoms with Crippen molar-refractivity contribution in [1.29, 1.82) is 0 Å². The third-order valence-electron chi connectivity index (χ3n) is 5.51. The Hall–Kier alpha value is -2.18. The number of amides is 1. The molecule has 2 aromatic rings. The molecule has 2 aliphatic rings. The van der Waals surface area contributed by atoms with Crippen LogP contribution < -0.4 is 4.74 Å². The summed E-state index contributed by atoms with van der Waals surface area (Å²) in [5, 5.41) is 20.6. The normalized spacial score (nSPS) is 28.8. The second-order valence-electron chi connectivity index (χ2n) is 7.06. The summed E-state index contributed by atoms with van der Waals surface area (Å²) < 4.78 is 5.43. The molecule has 1 aliphatic heterocycles. The van der Waals surface area contributed by atoms with Crippen LogP contribution in [0.2, 0.25) is 0 Å². The predicted molar refractivity (Wildman–Crippen MR) is 92.4 cm³/mol. The number of likely N-dealkylation sites (tertiary alicyclic amines) is 1. The van der Waals surface area contributed by atoms with Crippen LogP contribution in [0.15, 0.2) is 30.3 Å². The first-order valence-electron chi connectivity index (χ1n) is 8.66. The lowest BCUT2D eigenvalue weighted by Gasteiger charge is -2.31. The fourth-order valence-corrected chi connectivity index (χ4v) is 4.16. The molecule has 6 heteroatoms. The zero-order chi connectivity index (χ0) is 17.6. The molecule has 0 spiro atoms. The van der Waals surface area contributed by atoms with E-state index < -0.39 is 12.2 Å². The fourth-order valence-electron chi connectivity index (χ4n) is 4.16. The highest BCUT2D eigenvalue weighted by atomic mass is 16.5. The van der Waals surface area contributed by atoms with Crippen LogP contribution in [0.25, 0.3) is 10.9 Å². The van der Waals surface area contributed by atoms with Crippen LogP contribution in [0.1, 0.15) is 23.3 Å². The van der Waals surface area contributed by atoms with E-state index in [4.69, 9.17) is 4.74 Å². The van der Waals surface area contributed by atoms with Crippen LogP contribution >= 0.6 is 0 Å². The molecule has 0 unspecified atom stereocenters. The van der Waals surface area contributed by atoms with E-state index in [2.05, 4.69) is 4.98 Å². The number of carbonyl (C=O) groups excluding carboxylic acids is 1. The molecule has 25 heavy (non-hydrogen) atoms. The Bertz CT molecular complexity index is 791. The van der Waals surface area contributed by atoms with Crippen molar-refractivity contribution in [2.75, 3.05) is 20.2 Å². The van der Waals surface area contributed by atoms with Crippen molar-refractivity contribution in [3.63, 3.8) is 0 Å². The summed E-state index contributed by atoms with van der Waals surface area (Å²) in [4.78, 5) is 19.2. The van der Waals surface area contributed by atoms with Crippen molar-refractivity contribution >= 4 is 16.8 Å². The number of aliphatic hydroxyl groups is 2. The zero-order valence-corrected chi connectivity index (χ0v) is 14.1. The number of pyridine rings is 1. The minimum Gasteiger partial charge on any atom is -0.496 e. The van der Waals surface area contributed by atoms with Gasteiger partial charge in [0.05, 0.1) is 24.8 Å². The smallest absolute Gasteiger partial charge is 0.272 e. The SMILES string of the molecule is COc1cc(C(=O)N2C[C@H]3C[C@H](O)[C@H](O)C[C@H]3C2)nc2ccccc12. The van der Waals surface area contributed by atoms with Gasteiger partial charge in [-0.3, -0.25) is 4.79 Å². The minimum atomic E-state index is -0.685. The molecule has 0 bridgehead atoms. The van der Waals surface area contributed by atoms with Gasteiger partial charge in [0, 0.05) is 24.5 Å². The first-order valence-corrected chi connectivity index (χ1v) is 8.66. The van der Waals surface area contributed by atoms with Crippen LogP contribution in [0, 0.1) is 11.8 Å². The molecule has 1 aromatic carbocycles. The fraction of sp³-hybridized carbons (Fsp3) is 0.474. The number of aliphatic hydroxyl groups excluding tert-OH is 2. The van der Waals surface area contributed by atoms with Crippen LogP contribution in [-0.4, -0.2) is 58.4 Å². The average Bonchev–Trinajstić information content (AvgIpc) is 3.03. The van der Waals surface area contributed by atoms with Gasteiger partial charge in [-0.15, -0.1) is 0 Å². The number of hydrogen-bond acceptors (Lipinski definition) is 5. The summed E-state index contributed by atoms with van der Waals surface area (Å²) in [5.41, 5.74) is 1.10. The molecule has 1 saturated heterocycles. The van der Waals surface area contributed by atoms with Crippen molar-refractivity contribution in [3.05, 3.63) is 36.0 Å². The molecule has 132 valence electrons. The number of carbonyl (C=O) groups is 1. The molecule has 1 saturated carbocycles. The van der Waals surface area contributed by atoms with E-state index in [-0.39, 0.29) is 17.7 Å².